The number of nitrogens with zero attached hydrogens (tertiary/aromatic N) is 1. The summed E-state index contributed by atoms with van der Waals surface area (Å²) in [7, 11) is 0. The van der Waals surface area contributed by atoms with E-state index in [2.05, 4.69) is 0 Å². The first-order valence-corrected chi connectivity index (χ1v) is 17.0. The minimum atomic E-state index is -1.25. The maximum absolute atomic E-state index is 13.5. The molecule has 2 amide bonds. The molecule has 0 N–H and O–H groups in total. The van der Waals surface area contributed by atoms with Crippen LogP contribution >= 0.6 is 0 Å². The van der Waals surface area contributed by atoms with E-state index in [0.29, 0.717) is 6.61 Å². The van der Waals surface area contributed by atoms with Crippen LogP contribution in [-0.4, -0.2) is 54.2 Å². The van der Waals surface area contributed by atoms with Crippen LogP contribution in [-0.2, 0) is 54.9 Å². The molecule has 2 heterocycles. The number of fused-ring (bicyclic) bond motifs is 1. The zero-order valence-corrected chi connectivity index (χ0v) is 28.0. The highest BCUT2D eigenvalue weighted by molar-refractivity contribution is 6.20. The van der Waals surface area contributed by atoms with Gasteiger partial charge < -0.3 is 23.7 Å². The molecule has 7 rings (SSSR count). The van der Waals surface area contributed by atoms with E-state index in [1.807, 2.05) is 121 Å². The van der Waals surface area contributed by atoms with E-state index in [-0.39, 0.29) is 37.6 Å². The zero-order chi connectivity index (χ0) is 34.8. The monoisotopic (exact) mass is 685 g/mol. The van der Waals surface area contributed by atoms with Gasteiger partial charge in [-0.1, -0.05) is 133 Å². The molecule has 2 aliphatic rings. The Balaban J connectivity index is 1.22. The van der Waals surface area contributed by atoms with Crippen molar-refractivity contribution in [3.63, 3.8) is 0 Å². The van der Waals surface area contributed by atoms with Gasteiger partial charge in [0.15, 0.2) is 0 Å². The second kappa shape index (κ2) is 16.8. The third-order valence-corrected chi connectivity index (χ3v) is 8.81. The SMILES string of the molecule is O=C1c2ccccc2C(=O)N1OC1O[C@@H](COCc2ccccc2)[C@H](OCc2ccccc2)[C@@H](OCc2ccccc2)[C@@H]1OCc1ccccc1. The number of hydroxylamine groups is 2. The molecule has 9 heteroatoms. The molecule has 0 bridgehead atoms. The predicted molar refractivity (Wildman–Crippen MR) is 188 cm³/mol. The molecule has 0 saturated carbocycles. The Kier molecular flexibility index (Phi) is 11.4. The second-order valence-corrected chi connectivity index (χ2v) is 12.4. The van der Waals surface area contributed by atoms with Crippen molar-refractivity contribution in [3.05, 3.63) is 179 Å². The molecule has 1 fully saturated rings. The molecule has 0 spiro atoms. The first kappa shape index (κ1) is 34.4. The molecular formula is C42H39NO8. The fourth-order valence-corrected chi connectivity index (χ4v) is 6.20. The Morgan fingerprint density at radius 2 is 0.863 bits per heavy atom. The van der Waals surface area contributed by atoms with Crippen molar-refractivity contribution >= 4 is 11.8 Å². The molecule has 5 atom stereocenters. The third kappa shape index (κ3) is 8.49. The van der Waals surface area contributed by atoms with Crippen LogP contribution < -0.4 is 0 Å². The van der Waals surface area contributed by atoms with Crippen molar-refractivity contribution in [2.45, 2.75) is 57.1 Å². The average molecular weight is 686 g/mol. The van der Waals surface area contributed by atoms with Crippen molar-refractivity contribution < 1.29 is 38.1 Å². The zero-order valence-electron chi connectivity index (χ0n) is 28.0. The van der Waals surface area contributed by atoms with Gasteiger partial charge in [0, 0.05) is 0 Å². The quantitative estimate of drug-likeness (QED) is 0.110. The van der Waals surface area contributed by atoms with Crippen LogP contribution in [0.1, 0.15) is 43.0 Å². The summed E-state index contributed by atoms with van der Waals surface area (Å²) in [6.07, 6.45) is -4.41. The maximum Gasteiger partial charge on any atom is 0.285 e. The van der Waals surface area contributed by atoms with Crippen LogP contribution in [0.2, 0.25) is 0 Å². The average Bonchev–Trinajstić information content (AvgIpc) is 3.42. The van der Waals surface area contributed by atoms with Gasteiger partial charge in [0.25, 0.3) is 11.8 Å². The van der Waals surface area contributed by atoms with Gasteiger partial charge in [0.2, 0.25) is 6.29 Å². The van der Waals surface area contributed by atoms with Crippen LogP contribution in [0.15, 0.2) is 146 Å². The molecule has 9 nitrogen and oxygen atoms in total. The number of imide groups is 1. The van der Waals surface area contributed by atoms with Crippen LogP contribution in [0.3, 0.4) is 0 Å². The number of carbonyl (C=O) groups is 2. The van der Waals surface area contributed by atoms with Crippen molar-refractivity contribution in [2.24, 2.45) is 0 Å². The summed E-state index contributed by atoms with van der Waals surface area (Å²) in [5.74, 6) is -1.16. The Morgan fingerprint density at radius 1 is 0.471 bits per heavy atom. The molecule has 260 valence electrons. The number of benzene rings is 5. The summed E-state index contributed by atoms with van der Waals surface area (Å²) in [6.45, 7) is 1.12. The number of ether oxygens (including phenoxy) is 5. The Morgan fingerprint density at radius 3 is 1.33 bits per heavy atom. The molecule has 1 saturated heterocycles. The topological polar surface area (TPSA) is 92.8 Å². The largest absolute Gasteiger partial charge is 0.374 e. The van der Waals surface area contributed by atoms with Crippen LogP contribution in [0.5, 0.6) is 0 Å². The van der Waals surface area contributed by atoms with Gasteiger partial charge in [-0.15, -0.1) is 5.06 Å². The summed E-state index contributed by atoms with van der Waals surface area (Å²) < 4.78 is 32.9. The second-order valence-electron chi connectivity index (χ2n) is 12.4. The molecule has 5 aromatic rings. The summed E-state index contributed by atoms with van der Waals surface area (Å²) >= 11 is 0. The highest BCUT2D eigenvalue weighted by Gasteiger charge is 2.51. The number of rotatable bonds is 15. The lowest BCUT2D eigenvalue weighted by Gasteiger charge is -2.46. The van der Waals surface area contributed by atoms with E-state index in [4.69, 9.17) is 28.5 Å². The summed E-state index contributed by atoms with van der Waals surface area (Å²) in [6, 6.07) is 45.8. The summed E-state index contributed by atoms with van der Waals surface area (Å²) in [4.78, 5) is 33.2. The number of hydrogen-bond acceptors (Lipinski definition) is 8. The number of hydrogen-bond donors (Lipinski definition) is 0. The van der Waals surface area contributed by atoms with E-state index in [9.17, 15) is 9.59 Å². The lowest BCUT2D eigenvalue weighted by atomic mass is 9.98. The third-order valence-electron chi connectivity index (χ3n) is 8.81. The molecule has 0 aliphatic carbocycles. The maximum atomic E-state index is 13.5. The fraction of sp³-hybridized carbons (Fsp3) is 0.238. The smallest absolute Gasteiger partial charge is 0.285 e. The number of carbonyl (C=O) groups excluding carboxylic acids is 2. The van der Waals surface area contributed by atoms with Gasteiger partial charge in [-0.05, 0) is 34.4 Å². The molecule has 0 aromatic heterocycles. The number of amides is 2. The van der Waals surface area contributed by atoms with Gasteiger partial charge in [0.05, 0.1) is 44.2 Å². The minimum Gasteiger partial charge on any atom is -0.374 e. The predicted octanol–water partition coefficient (Wildman–Crippen LogP) is 6.91. The first-order valence-electron chi connectivity index (χ1n) is 17.0. The van der Waals surface area contributed by atoms with E-state index < -0.39 is 42.5 Å². The van der Waals surface area contributed by atoms with Crippen LogP contribution in [0, 0.1) is 0 Å². The van der Waals surface area contributed by atoms with Crippen molar-refractivity contribution in [3.8, 4) is 0 Å². The summed E-state index contributed by atoms with van der Waals surface area (Å²) in [5, 5.41) is 0.759. The van der Waals surface area contributed by atoms with Gasteiger partial charge >= 0.3 is 0 Å². The first-order chi connectivity index (χ1) is 25.1. The van der Waals surface area contributed by atoms with E-state index >= 15 is 0 Å². The molecular weight excluding hydrogens is 646 g/mol. The van der Waals surface area contributed by atoms with Gasteiger partial charge in [-0.25, -0.2) is 4.84 Å². The molecule has 51 heavy (non-hydrogen) atoms. The van der Waals surface area contributed by atoms with Crippen LogP contribution in [0.25, 0.3) is 0 Å². The van der Waals surface area contributed by atoms with Crippen molar-refractivity contribution in [1.29, 1.82) is 0 Å². The highest BCUT2D eigenvalue weighted by atomic mass is 16.8. The van der Waals surface area contributed by atoms with Crippen LogP contribution in [0.4, 0.5) is 0 Å². The summed E-state index contributed by atoms with van der Waals surface area (Å²) in [5.41, 5.74) is 4.33. The molecule has 5 aromatic carbocycles. The minimum absolute atomic E-state index is 0.104. The molecule has 1 unspecified atom stereocenters. The highest BCUT2D eigenvalue weighted by Crippen LogP contribution is 2.34. The van der Waals surface area contributed by atoms with Gasteiger partial charge in [0.1, 0.15) is 24.4 Å². The standard InChI is InChI=1S/C42H39NO8/c44-40-34-23-13-14-24-35(34)41(45)43(40)51-42-39(49-28-33-21-11-4-12-22-33)38(48-27-32-19-9-3-10-20-32)37(47-26-31-17-7-2-8-18-31)36(50-42)29-46-25-30-15-5-1-6-16-30/h1-24,36-39,42H,25-29H2/t36-,37-,38+,39-,42?/m0/s1. The van der Waals surface area contributed by atoms with Gasteiger partial charge in [-0.3, -0.25) is 9.59 Å². The lowest BCUT2D eigenvalue weighted by molar-refractivity contribution is -0.358. The lowest BCUT2D eigenvalue weighted by Crippen LogP contribution is -2.62. The van der Waals surface area contributed by atoms with Gasteiger partial charge in [-0.2, -0.15) is 0 Å². The van der Waals surface area contributed by atoms with Crippen molar-refractivity contribution in [1.82, 2.24) is 5.06 Å². The molecule has 2 aliphatic heterocycles. The van der Waals surface area contributed by atoms with E-state index in [0.717, 1.165) is 27.3 Å². The fourth-order valence-electron chi connectivity index (χ4n) is 6.20. The van der Waals surface area contributed by atoms with E-state index in [1.165, 1.54) is 0 Å². The Hall–Kier alpha value is -5.00. The van der Waals surface area contributed by atoms with E-state index in [1.54, 1.807) is 24.3 Å². The Labute approximate surface area is 297 Å². The normalized spacial score (nSPS) is 21.5. The molecule has 0 radical (unpaired) electrons. The van der Waals surface area contributed by atoms with Crippen molar-refractivity contribution in [2.75, 3.05) is 6.61 Å². The Bertz CT molecular complexity index is 1820.